The highest BCUT2D eigenvalue weighted by atomic mass is 19.4. The molecule has 3 rings (SSSR count). The Morgan fingerprint density at radius 3 is 2.50 bits per heavy atom. The topological polar surface area (TPSA) is 73.2 Å². The van der Waals surface area contributed by atoms with E-state index in [4.69, 9.17) is 0 Å². The van der Waals surface area contributed by atoms with E-state index in [1.54, 1.807) is 0 Å². The number of nitrogens with zero attached hydrogens (tertiary/aromatic N) is 2. The molecule has 0 aliphatic heterocycles. The molecule has 10 heteroatoms. The molecule has 0 atom stereocenters. The van der Waals surface area contributed by atoms with Gasteiger partial charge in [-0.15, -0.1) is 13.2 Å². The van der Waals surface area contributed by atoms with E-state index in [1.807, 2.05) is 6.92 Å². The first-order chi connectivity index (χ1) is 14.2. The minimum atomic E-state index is -4.87. The molecule has 6 nitrogen and oxygen atoms in total. The maximum Gasteiger partial charge on any atom is 0.573 e. The second-order valence-corrected chi connectivity index (χ2v) is 6.48. The van der Waals surface area contributed by atoms with Crippen LogP contribution in [0, 0.1) is 5.82 Å². The molecule has 30 heavy (non-hydrogen) atoms. The predicted molar refractivity (Wildman–Crippen MR) is 101 cm³/mol. The van der Waals surface area contributed by atoms with Crippen LogP contribution in [0.2, 0.25) is 0 Å². The van der Waals surface area contributed by atoms with Gasteiger partial charge in [-0.25, -0.2) is 14.1 Å². The van der Waals surface area contributed by atoms with Gasteiger partial charge in [-0.2, -0.15) is 0 Å². The summed E-state index contributed by atoms with van der Waals surface area (Å²) >= 11 is 0. The van der Waals surface area contributed by atoms with Gasteiger partial charge < -0.3 is 4.74 Å². The summed E-state index contributed by atoms with van der Waals surface area (Å²) < 4.78 is 55.2. The average molecular weight is 423 g/mol. The van der Waals surface area contributed by atoms with Crippen molar-refractivity contribution in [3.05, 3.63) is 70.0 Å². The fraction of sp³-hybridized carbons (Fsp3) is 0.250. The number of benzene rings is 2. The van der Waals surface area contributed by atoms with E-state index in [0.717, 1.165) is 22.9 Å². The van der Waals surface area contributed by atoms with E-state index < -0.39 is 29.4 Å². The molecule has 0 aliphatic carbocycles. The Morgan fingerprint density at radius 1 is 1.17 bits per heavy atom. The summed E-state index contributed by atoms with van der Waals surface area (Å²) in [6.07, 6.45) is -4.10. The Bertz CT molecular complexity index is 1130. The second kappa shape index (κ2) is 8.52. The van der Waals surface area contributed by atoms with Gasteiger partial charge in [0.15, 0.2) is 0 Å². The van der Waals surface area contributed by atoms with E-state index in [9.17, 15) is 27.2 Å². The summed E-state index contributed by atoms with van der Waals surface area (Å²) in [6, 6.07) is 8.52. The van der Waals surface area contributed by atoms with Crippen molar-refractivity contribution in [2.75, 3.05) is 5.43 Å². The Morgan fingerprint density at radius 2 is 1.87 bits per heavy atom. The first kappa shape index (κ1) is 21.3. The van der Waals surface area contributed by atoms with Crippen LogP contribution in [-0.4, -0.2) is 21.9 Å². The van der Waals surface area contributed by atoms with Crippen LogP contribution in [-0.2, 0) is 17.6 Å². The number of hydrogen-bond donors (Lipinski definition) is 1. The van der Waals surface area contributed by atoms with E-state index in [-0.39, 0.29) is 23.1 Å². The highest BCUT2D eigenvalue weighted by Crippen LogP contribution is 2.25. The summed E-state index contributed by atoms with van der Waals surface area (Å²) in [5.41, 5.74) is 2.40. The van der Waals surface area contributed by atoms with Gasteiger partial charge in [0.2, 0.25) is 5.91 Å². The molecule has 0 bridgehead atoms. The SMILES string of the molecule is CCCc1nc2cc(OC(F)(F)F)ccc2c(=O)n1NC(=O)Cc1ccc(F)cc1. The van der Waals surface area contributed by atoms with Gasteiger partial charge in [0.1, 0.15) is 17.4 Å². The van der Waals surface area contributed by atoms with Crippen molar-refractivity contribution >= 4 is 16.8 Å². The van der Waals surface area contributed by atoms with E-state index in [0.29, 0.717) is 18.4 Å². The molecule has 0 saturated carbocycles. The fourth-order valence-electron chi connectivity index (χ4n) is 2.87. The summed E-state index contributed by atoms with van der Waals surface area (Å²) in [6.45, 7) is 1.82. The highest BCUT2D eigenvalue weighted by molar-refractivity contribution is 5.86. The Balaban J connectivity index is 1.94. The number of fused-ring (bicyclic) bond motifs is 1. The quantitative estimate of drug-likeness (QED) is 0.614. The van der Waals surface area contributed by atoms with E-state index in [2.05, 4.69) is 15.1 Å². The van der Waals surface area contributed by atoms with Crippen LogP contribution in [0.3, 0.4) is 0 Å². The molecule has 1 amide bonds. The zero-order chi connectivity index (χ0) is 21.9. The van der Waals surface area contributed by atoms with E-state index >= 15 is 0 Å². The molecule has 1 aromatic heterocycles. The summed E-state index contributed by atoms with van der Waals surface area (Å²) in [4.78, 5) is 29.5. The lowest BCUT2D eigenvalue weighted by Gasteiger charge is -2.15. The molecule has 1 N–H and O–H groups in total. The Kier molecular flexibility index (Phi) is 6.04. The Hall–Kier alpha value is -3.43. The van der Waals surface area contributed by atoms with Gasteiger partial charge in [0.25, 0.3) is 5.56 Å². The fourth-order valence-corrected chi connectivity index (χ4v) is 2.87. The number of halogens is 4. The lowest BCUT2D eigenvalue weighted by Crippen LogP contribution is -2.37. The van der Waals surface area contributed by atoms with Crippen molar-refractivity contribution in [2.24, 2.45) is 0 Å². The first-order valence-electron chi connectivity index (χ1n) is 9.02. The summed E-state index contributed by atoms with van der Waals surface area (Å²) in [5, 5.41) is 0.0199. The average Bonchev–Trinajstić information content (AvgIpc) is 2.65. The zero-order valence-electron chi connectivity index (χ0n) is 15.8. The number of hydrogen-bond acceptors (Lipinski definition) is 4. The predicted octanol–water partition coefficient (Wildman–Crippen LogP) is 3.70. The van der Waals surface area contributed by atoms with Crippen LogP contribution in [0.4, 0.5) is 17.6 Å². The van der Waals surface area contributed by atoms with Crippen LogP contribution >= 0.6 is 0 Å². The van der Waals surface area contributed by atoms with Crippen LogP contribution in [0.5, 0.6) is 5.75 Å². The van der Waals surface area contributed by atoms with Gasteiger partial charge in [0.05, 0.1) is 17.3 Å². The lowest BCUT2D eigenvalue weighted by atomic mass is 10.1. The molecular weight excluding hydrogens is 406 g/mol. The van der Waals surface area contributed by atoms with Crippen LogP contribution in [0.15, 0.2) is 47.3 Å². The number of ether oxygens (including phenoxy) is 1. The minimum Gasteiger partial charge on any atom is -0.406 e. The molecule has 1 heterocycles. The molecule has 0 radical (unpaired) electrons. The molecule has 158 valence electrons. The highest BCUT2D eigenvalue weighted by Gasteiger charge is 2.31. The maximum atomic E-state index is 13.0. The number of aromatic nitrogens is 2. The largest absolute Gasteiger partial charge is 0.573 e. The minimum absolute atomic E-state index is 0.0199. The number of rotatable bonds is 6. The van der Waals surface area contributed by atoms with E-state index in [1.165, 1.54) is 24.3 Å². The summed E-state index contributed by atoms with van der Waals surface area (Å²) in [5.74, 6) is -1.28. The van der Waals surface area contributed by atoms with Gasteiger partial charge in [-0.05, 0) is 36.2 Å². The van der Waals surface area contributed by atoms with Crippen LogP contribution < -0.4 is 15.7 Å². The summed E-state index contributed by atoms with van der Waals surface area (Å²) in [7, 11) is 0. The molecule has 0 saturated heterocycles. The van der Waals surface area contributed by atoms with Crippen LogP contribution in [0.25, 0.3) is 10.9 Å². The number of aryl methyl sites for hydroxylation is 1. The third kappa shape index (κ3) is 5.13. The number of amides is 1. The monoisotopic (exact) mass is 423 g/mol. The molecule has 2 aromatic carbocycles. The van der Waals surface area contributed by atoms with Crippen molar-refractivity contribution in [2.45, 2.75) is 32.5 Å². The third-order valence-corrected chi connectivity index (χ3v) is 4.13. The smallest absolute Gasteiger partial charge is 0.406 e. The normalized spacial score (nSPS) is 11.5. The third-order valence-electron chi connectivity index (χ3n) is 4.13. The molecule has 3 aromatic rings. The number of nitrogens with one attached hydrogen (secondary N) is 1. The molecule has 0 spiro atoms. The lowest BCUT2D eigenvalue weighted by molar-refractivity contribution is -0.274. The number of carbonyl (C=O) groups excluding carboxylic acids is 1. The van der Waals surface area contributed by atoms with Crippen molar-refractivity contribution in [1.82, 2.24) is 9.66 Å². The molecule has 0 aliphatic rings. The second-order valence-electron chi connectivity index (χ2n) is 6.48. The number of alkyl halides is 3. The zero-order valence-corrected chi connectivity index (χ0v) is 15.8. The van der Waals surface area contributed by atoms with Gasteiger partial charge in [0, 0.05) is 12.5 Å². The van der Waals surface area contributed by atoms with Crippen molar-refractivity contribution in [3.8, 4) is 5.75 Å². The standard InChI is InChI=1S/C20H17F4N3O3/c1-2-3-17-25-16-11-14(30-20(22,23)24)8-9-15(16)19(29)27(17)26-18(28)10-12-4-6-13(21)7-5-12/h4-9,11H,2-3,10H2,1H3,(H,26,28). The van der Waals surface area contributed by atoms with Crippen LogP contribution in [0.1, 0.15) is 24.7 Å². The molecule has 0 unspecified atom stereocenters. The van der Waals surface area contributed by atoms with Crippen molar-refractivity contribution in [3.63, 3.8) is 0 Å². The number of carbonyl (C=O) groups is 1. The first-order valence-corrected chi connectivity index (χ1v) is 9.02. The van der Waals surface area contributed by atoms with Crippen molar-refractivity contribution < 1.29 is 27.1 Å². The maximum absolute atomic E-state index is 13.0. The van der Waals surface area contributed by atoms with Gasteiger partial charge >= 0.3 is 6.36 Å². The molecule has 0 fully saturated rings. The molecular formula is C20H17F4N3O3. The van der Waals surface area contributed by atoms with Crippen molar-refractivity contribution in [1.29, 1.82) is 0 Å². The van der Waals surface area contributed by atoms with Gasteiger partial charge in [-0.1, -0.05) is 19.1 Å². The van der Waals surface area contributed by atoms with Gasteiger partial charge in [-0.3, -0.25) is 15.0 Å². The Labute approximate surface area is 168 Å².